The monoisotopic (exact) mass is 267 g/mol. The van der Waals surface area contributed by atoms with Gasteiger partial charge in [-0.3, -0.25) is 10.1 Å². The van der Waals surface area contributed by atoms with Gasteiger partial charge in [0, 0.05) is 13.7 Å². The van der Waals surface area contributed by atoms with Crippen LogP contribution in [-0.4, -0.2) is 41.2 Å². The fourth-order valence-corrected chi connectivity index (χ4v) is 2.05. The highest BCUT2D eigenvalue weighted by Crippen LogP contribution is 2.27. The van der Waals surface area contributed by atoms with Crippen LogP contribution in [0.2, 0.25) is 0 Å². The number of hydrogen-bond acceptors (Lipinski definition) is 7. The first-order chi connectivity index (χ1) is 9.11. The molecule has 1 saturated heterocycles. The Morgan fingerprint density at radius 2 is 2.26 bits per heavy atom. The van der Waals surface area contributed by atoms with Crippen LogP contribution in [0.5, 0.6) is 0 Å². The molecular weight excluding hydrogens is 250 g/mol. The van der Waals surface area contributed by atoms with Crippen LogP contribution < -0.4 is 10.6 Å². The van der Waals surface area contributed by atoms with Crippen LogP contribution in [-0.2, 0) is 4.74 Å². The molecule has 1 aromatic heterocycles. The summed E-state index contributed by atoms with van der Waals surface area (Å²) < 4.78 is 5.35. The number of nitrogens with zero attached hydrogens (tertiary/aromatic N) is 3. The highest BCUT2D eigenvalue weighted by molar-refractivity contribution is 5.61. The van der Waals surface area contributed by atoms with E-state index in [0.29, 0.717) is 18.2 Å². The average Bonchev–Trinajstić information content (AvgIpc) is 2.38. The van der Waals surface area contributed by atoms with E-state index in [-0.39, 0.29) is 17.5 Å². The molecule has 0 radical (unpaired) electrons. The van der Waals surface area contributed by atoms with Crippen molar-refractivity contribution in [2.75, 3.05) is 30.9 Å². The molecule has 0 spiro atoms. The molecule has 0 aliphatic carbocycles. The summed E-state index contributed by atoms with van der Waals surface area (Å²) in [6.45, 7) is 2.88. The minimum Gasteiger partial charge on any atom is -0.379 e. The van der Waals surface area contributed by atoms with Crippen molar-refractivity contribution in [3.05, 3.63) is 15.8 Å². The fourth-order valence-electron chi connectivity index (χ4n) is 2.05. The number of anilines is 2. The molecule has 2 rings (SSSR count). The molecular formula is C11H17N5O3. The van der Waals surface area contributed by atoms with Crippen LogP contribution in [0, 0.1) is 17.0 Å². The standard InChI is InChI=1S/C11H17N5O3/c1-7-9(16(17)18)10(15-11(12-2)13-7)14-8-4-3-5-19-6-8/h8H,3-6H2,1-2H3,(H2,12,13,14,15). The van der Waals surface area contributed by atoms with E-state index in [9.17, 15) is 10.1 Å². The van der Waals surface area contributed by atoms with E-state index < -0.39 is 4.92 Å². The maximum Gasteiger partial charge on any atom is 0.332 e. The van der Waals surface area contributed by atoms with Gasteiger partial charge >= 0.3 is 5.69 Å². The lowest BCUT2D eigenvalue weighted by molar-refractivity contribution is -0.385. The largest absolute Gasteiger partial charge is 0.379 e. The van der Waals surface area contributed by atoms with Gasteiger partial charge < -0.3 is 15.4 Å². The Labute approximate surface area is 110 Å². The van der Waals surface area contributed by atoms with E-state index in [1.807, 2.05) is 0 Å². The molecule has 2 heterocycles. The summed E-state index contributed by atoms with van der Waals surface area (Å²) in [5, 5.41) is 17.0. The van der Waals surface area contributed by atoms with Crippen molar-refractivity contribution < 1.29 is 9.66 Å². The van der Waals surface area contributed by atoms with Gasteiger partial charge in [0.05, 0.1) is 17.6 Å². The van der Waals surface area contributed by atoms with E-state index in [1.165, 1.54) is 0 Å². The third-order valence-corrected chi connectivity index (χ3v) is 2.97. The molecule has 0 aromatic carbocycles. The smallest absolute Gasteiger partial charge is 0.332 e. The van der Waals surface area contributed by atoms with Crippen LogP contribution in [0.3, 0.4) is 0 Å². The molecule has 8 nitrogen and oxygen atoms in total. The number of aromatic nitrogens is 2. The molecule has 0 amide bonds. The van der Waals surface area contributed by atoms with E-state index >= 15 is 0 Å². The number of nitrogens with one attached hydrogen (secondary N) is 2. The lowest BCUT2D eigenvalue weighted by atomic mass is 10.1. The summed E-state index contributed by atoms with van der Waals surface area (Å²) in [5.41, 5.74) is 0.258. The molecule has 1 aliphatic heterocycles. The molecule has 1 atom stereocenters. The number of nitro groups is 1. The molecule has 0 saturated carbocycles. The first-order valence-electron chi connectivity index (χ1n) is 6.17. The van der Waals surface area contributed by atoms with Gasteiger partial charge in [-0.15, -0.1) is 0 Å². The Morgan fingerprint density at radius 3 is 2.84 bits per heavy atom. The third-order valence-electron chi connectivity index (χ3n) is 2.97. The Morgan fingerprint density at radius 1 is 1.47 bits per heavy atom. The third kappa shape index (κ3) is 3.08. The second-order valence-corrected chi connectivity index (χ2v) is 4.40. The highest BCUT2D eigenvalue weighted by Gasteiger charge is 2.24. The van der Waals surface area contributed by atoms with Crippen LogP contribution in [0.15, 0.2) is 0 Å². The highest BCUT2D eigenvalue weighted by atomic mass is 16.6. The lowest BCUT2D eigenvalue weighted by Gasteiger charge is -2.23. The predicted molar refractivity (Wildman–Crippen MR) is 70.4 cm³/mol. The maximum atomic E-state index is 11.1. The molecule has 0 bridgehead atoms. The summed E-state index contributed by atoms with van der Waals surface area (Å²) in [4.78, 5) is 18.8. The van der Waals surface area contributed by atoms with Crippen molar-refractivity contribution in [1.82, 2.24) is 9.97 Å². The van der Waals surface area contributed by atoms with Crippen molar-refractivity contribution in [2.24, 2.45) is 0 Å². The quantitative estimate of drug-likeness (QED) is 0.626. The lowest BCUT2D eigenvalue weighted by Crippen LogP contribution is -2.30. The Kier molecular flexibility index (Phi) is 4.10. The van der Waals surface area contributed by atoms with Crippen LogP contribution >= 0.6 is 0 Å². The topological polar surface area (TPSA) is 102 Å². The van der Waals surface area contributed by atoms with E-state index in [4.69, 9.17) is 4.74 Å². The summed E-state index contributed by atoms with van der Waals surface area (Å²) in [7, 11) is 1.67. The SMILES string of the molecule is CNc1nc(C)c([N+](=O)[O-])c(NC2CCCOC2)n1. The predicted octanol–water partition coefficient (Wildman–Crippen LogP) is 1.33. The molecule has 104 valence electrons. The molecule has 19 heavy (non-hydrogen) atoms. The van der Waals surface area contributed by atoms with Crippen molar-refractivity contribution in [3.63, 3.8) is 0 Å². The van der Waals surface area contributed by atoms with Gasteiger partial charge in [0.15, 0.2) is 0 Å². The Hall–Kier alpha value is -1.96. The van der Waals surface area contributed by atoms with Crippen molar-refractivity contribution >= 4 is 17.5 Å². The van der Waals surface area contributed by atoms with E-state index in [0.717, 1.165) is 19.4 Å². The van der Waals surface area contributed by atoms with Crippen molar-refractivity contribution in [1.29, 1.82) is 0 Å². The minimum absolute atomic E-state index is 0.0476. The van der Waals surface area contributed by atoms with Crippen LogP contribution in [0.1, 0.15) is 18.5 Å². The second kappa shape index (κ2) is 5.79. The van der Waals surface area contributed by atoms with Crippen molar-refractivity contribution in [2.45, 2.75) is 25.8 Å². The van der Waals surface area contributed by atoms with Crippen LogP contribution in [0.25, 0.3) is 0 Å². The summed E-state index contributed by atoms with van der Waals surface area (Å²) >= 11 is 0. The summed E-state index contributed by atoms with van der Waals surface area (Å²) in [6.07, 6.45) is 1.85. The van der Waals surface area contributed by atoms with Gasteiger partial charge in [0.25, 0.3) is 0 Å². The molecule has 1 aliphatic rings. The first kappa shape index (κ1) is 13.5. The fraction of sp³-hybridized carbons (Fsp3) is 0.636. The summed E-state index contributed by atoms with van der Waals surface area (Å²) in [6, 6.07) is 0.0476. The normalized spacial score (nSPS) is 18.9. The molecule has 1 aromatic rings. The number of rotatable bonds is 4. The zero-order chi connectivity index (χ0) is 13.8. The van der Waals surface area contributed by atoms with Crippen LogP contribution in [0.4, 0.5) is 17.5 Å². The Balaban J connectivity index is 2.29. The van der Waals surface area contributed by atoms with E-state index in [2.05, 4.69) is 20.6 Å². The summed E-state index contributed by atoms with van der Waals surface area (Å²) in [5.74, 6) is 0.611. The molecule has 1 fully saturated rings. The molecule has 2 N–H and O–H groups in total. The first-order valence-corrected chi connectivity index (χ1v) is 6.17. The van der Waals surface area contributed by atoms with Gasteiger partial charge in [0.2, 0.25) is 11.8 Å². The van der Waals surface area contributed by atoms with Gasteiger partial charge in [0.1, 0.15) is 5.69 Å². The van der Waals surface area contributed by atoms with Gasteiger partial charge in [-0.2, -0.15) is 4.98 Å². The van der Waals surface area contributed by atoms with Crippen molar-refractivity contribution in [3.8, 4) is 0 Å². The van der Waals surface area contributed by atoms with Gasteiger partial charge in [-0.1, -0.05) is 0 Å². The second-order valence-electron chi connectivity index (χ2n) is 4.40. The molecule has 1 unspecified atom stereocenters. The van der Waals surface area contributed by atoms with Gasteiger partial charge in [-0.25, -0.2) is 4.98 Å². The number of ether oxygens (including phenoxy) is 1. The average molecular weight is 267 g/mol. The Bertz CT molecular complexity index is 474. The van der Waals surface area contributed by atoms with Gasteiger partial charge in [-0.05, 0) is 19.8 Å². The zero-order valence-corrected chi connectivity index (χ0v) is 11.0. The van der Waals surface area contributed by atoms with E-state index in [1.54, 1.807) is 14.0 Å². The maximum absolute atomic E-state index is 11.1. The number of aryl methyl sites for hydroxylation is 1. The minimum atomic E-state index is -0.458. The molecule has 8 heteroatoms. The number of hydrogen-bond donors (Lipinski definition) is 2. The zero-order valence-electron chi connectivity index (χ0n) is 11.0.